The van der Waals surface area contributed by atoms with E-state index in [9.17, 15) is 4.79 Å². The van der Waals surface area contributed by atoms with Crippen molar-refractivity contribution in [2.75, 3.05) is 31.1 Å². The van der Waals surface area contributed by atoms with Crippen molar-refractivity contribution in [2.45, 2.75) is 101 Å². The summed E-state index contributed by atoms with van der Waals surface area (Å²) in [7, 11) is 0. The topological polar surface area (TPSA) is 76.2 Å². The summed E-state index contributed by atoms with van der Waals surface area (Å²) in [6, 6.07) is 15.6. The van der Waals surface area contributed by atoms with Crippen LogP contribution in [0.4, 0.5) is 10.5 Å². The van der Waals surface area contributed by atoms with Gasteiger partial charge in [0.2, 0.25) is 5.88 Å². The van der Waals surface area contributed by atoms with E-state index in [0.29, 0.717) is 25.0 Å². The number of nitrogens with zero attached hydrogens (tertiary/aromatic N) is 3. The van der Waals surface area contributed by atoms with Crippen LogP contribution in [-0.2, 0) is 15.9 Å². The molecule has 2 atom stereocenters. The highest BCUT2D eigenvalue weighted by atomic mass is 16.6. The van der Waals surface area contributed by atoms with Crippen LogP contribution < -0.4 is 15.0 Å². The van der Waals surface area contributed by atoms with Crippen molar-refractivity contribution < 1.29 is 19.0 Å². The molecule has 1 aliphatic carbocycles. The highest BCUT2D eigenvalue weighted by molar-refractivity contribution is 5.68. The van der Waals surface area contributed by atoms with Crippen LogP contribution >= 0.6 is 0 Å². The lowest BCUT2D eigenvalue weighted by Crippen LogP contribution is -2.61. The highest BCUT2D eigenvalue weighted by Gasteiger charge is 2.49. The van der Waals surface area contributed by atoms with Gasteiger partial charge in [0.15, 0.2) is 0 Å². The number of fused-ring (bicyclic) bond motifs is 2. The first-order valence-electron chi connectivity index (χ1n) is 15.1. The van der Waals surface area contributed by atoms with Gasteiger partial charge in [-0.2, -0.15) is 0 Å². The standard InChI is InChI=1S/C32H44N4O4/c1-31(2,3)40-30(37)35-15-11-26(12-16-35)38-27-18-28(19-27)39-29-17-24(10-14-34-29)36-25-9-13-32(36,22-33-21-25)20-23-7-5-4-6-8-23/h4-8,10,14,17,25-28,33H,9,11-13,15-16,18-22H2,1-3H3. The van der Waals surface area contributed by atoms with Crippen LogP contribution in [0.25, 0.3) is 0 Å². The molecule has 8 nitrogen and oxygen atoms in total. The average Bonchev–Trinajstić information content (AvgIpc) is 3.12. The van der Waals surface area contributed by atoms with Crippen molar-refractivity contribution in [2.24, 2.45) is 0 Å². The molecule has 2 aromatic rings. The molecule has 4 heterocycles. The van der Waals surface area contributed by atoms with Crippen molar-refractivity contribution >= 4 is 11.8 Å². The van der Waals surface area contributed by atoms with Crippen LogP contribution in [0.15, 0.2) is 48.7 Å². The van der Waals surface area contributed by atoms with Gasteiger partial charge in [-0.15, -0.1) is 0 Å². The monoisotopic (exact) mass is 548 g/mol. The van der Waals surface area contributed by atoms with Crippen molar-refractivity contribution in [3.05, 3.63) is 54.2 Å². The zero-order valence-electron chi connectivity index (χ0n) is 24.2. The molecule has 4 fully saturated rings. The van der Waals surface area contributed by atoms with Gasteiger partial charge in [0.25, 0.3) is 0 Å². The zero-order chi connectivity index (χ0) is 27.7. The Balaban J connectivity index is 1.01. The Kier molecular flexibility index (Phi) is 7.66. The molecule has 4 aliphatic rings. The number of rotatable bonds is 7. The Labute approximate surface area is 238 Å². The van der Waals surface area contributed by atoms with E-state index in [1.165, 1.54) is 24.1 Å². The van der Waals surface area contributed by atoms with Crippen molar-refractivity contribution in [1.82, 2.24) is 15.2 Å². The number of ether oxygens (including phenoxy) is 3. The minimum Gasteiger partial charge on any atom is -0.474 e. The summed E-state index contributed by atoms with van der Waals surface area (Å²) < 4.78 is 18.2. The fraction of sp³-hybridized carbons (Fsp3) is 0.625. The minimum atomic E-state index is -0.464. The predicted molar refractivity (Wildman–Crippen MR) is 155 cm³/mol. The molecule has 40 heavy (non-hydrogen) atoms. The number of anilines is 1. The third-order valence-electron chi connectivity index (χ3n) is 8.84. The van der Waals surface area contributed by atoms with E-state index in [1.807, 2.05) is 27.0 Å². The Morgan fingerprint density at radius 2 is 1.82 bits per heavy atom. The van der Waals surface area contributed by atoms with E-state index < -0.39 is 5.60 Å². The maximum atomic E-state index is 12.3. The molecule has 216 valence electrons. The summed E-state index contributed by atoms with van der Waals surface area (Å²) in [6.45, 7) is 9.09. The van der Waals surface area contributed by atoms with Crippen molar-refractivity contribution in [3.63, 3.8) is 0 Å². The SMILES string of the molecule is CC(C)(C)OC(=O)N1CCC(OC2CC(Oc3cc(N4C5CCC4(Cc4ccccc4)CNC5)ccn3)C2)CC1. The number of benzene rings is 1. The Morgan fingerprint density at radius 1 is 1.05 bits per heavy atom. The summed E-state index contributed by atoms with van der Waals surface area (Å²) >= 11 is 0. The van der Waals surface area contributed by atoms with E-state index in [1.54, 1.807) is 4.90 Å². The van der Waals surface area contributed by atoms with E-state index in [4.69, 9.17) is 14.2 Å². The number of hydrogen-bond acceptors (Lipinski definition) is 7. The first-order valence-corrected chi connectivity index (χ1v) is 15.1. The summed E-state index contributed by atoms with van der Waals surface area (Å²) in [4.78, 5) is 21.3. The number of likely N-dealkylation sites (tertiary alicyclic amines) is 1. The molecule has 1 N–H and O–H groups in total. The molecule has 0 radical (unpaired) electrons. The number of hydrogen-bond donors (Lipinski definition) is 1. The summed E-state index contributed by atoms with van der Waals surface area (Å²) in [5.41, 5.74) is 2.22. The van der Waals surface area contributed by atoms with Crippen LogP contribution in [-0.4, -0.2) is 77.6 Å². The Morgan fingerprint density at radius 3 is 2.58 bits per heavy atom. The number of pyridine rings is 1. The quantitative estimate of drug-likeness (QED) is 0.524. The average molecular weight is 549 g/mol. The van der Waals surface area contributed by atoms with E-state index in [0.717, 1.165) is 45.2 Å². The Hall–Kier alpha value is -2.84. The van der Waals surface area contributed by atoms with Gasteiger partial charge < -0.3 is 29.3 Å². The maximum Gasteiger partial charge on any atom is 0.410 e. The molecule has 1 amide bonds. The normalized spacial score (nSPS) is 28.7. The highest BCUT2D eigenvalue weighted by Crippen LogP contribution is 2.43. The predicted octanol–water partition coefficient (Wildman–Crippen LogP) is 4.96. The number of piperazine rings is 1. The molecule has 0 spiro atoms. The molecule has 1 aromatic heterocycles. The molecule has 1 saturated carbocycles. The van der Waals surface area contributed by atoms with Crippen LogP contribution in [0.1, 0.15) is 64.9 Å². The second-order valence-electron chi connectivity index (χ2n) is 13.1. The number of piperidine rings is 1. The van der Waals surface area contributed by atoms with Gasteiger partial charge in [-0.3, -0.25) is 0 Å². The Bertz CT molecular complexity index is 1150. The first-order chi connectivity index (χ1) is 19.3. The maximum absolute atomic E-state index is 12.3. The number of aromatic nitrogens is 1. The summed E-state index contributed by atoms with van der Waals surface area (Å²) in [6.07, 6.45) is 9.10. The molecule has 3 aliphatic heterocycles. The largest absolute Gasteiger partial charge is 0.474 e. The van der Waals surface area contributed by atoms with Gasteiger partial charge in [-0.05, 0) is 64.5 Å². The van der Waals surface area contributed by atoms with Gasteiger partial charge in [-0.25, -0.2) is 9.78 Å². The van der Waals surface area contributed by atoms with Crippen LogP contribution in [0.2, 0.25) is 0 Å². The fourth-order valence-corrected chi connectivity index (χ4v) is 6.89. The summed E-state index contributed by atoms with van der Waals surface area (Å²) in [5.74, 6) is 0.708. The second-order valence-corrected chi connectivity index (χ2v) is 13.1. The van der Waals surface area contributed by atoms with Gasteiger partial charge in [0, 0.05) is 63.0 Å². The third kappa shape index (κ3) is 6.08. The first kappa shape index (κ1) is 27.3. The summed E-state index contributed by atoms with van der Waals surface area (Å²) in [5, 5.41) is 3.70. The molecule has 1 aromatic carbocycles. The number of amides is 1. The van der Waals surface area contributed by atoms with Crippen LogP contribution in [0, 0.1) is 0 Å². The lowest BCUT2D eigenvalue weighted by molar-refractivity contribution is -0.110. The van der Waals surface area contributed by atoms with Crippen molar-refractivity contribution in [1.29, 1.82) is 0 Å². The molecule has 8 heteroatoms. The number of nitrogens with one attached hydrogen (secondary N) is 1. The molecule has 6 rings (SSSR count). The van der Waals surface area contributed by atoms with Crippen LogP contribution in [0.3, 0.4) is 0 Å². The van der Waals surface area contributed by atoms with E-state index in [-0.39, 0.29) is 29.9 Å². The zero-order valence-corrected chi connectivity index (χ0v) is 24.2. The molecular formula is C32H44N4O4. The number of carbonyl (C=O) groups excluding carboxylic acids is 1. The molecule has 3 saturated heterocycles. The second kappa shape index (κ2) is 11.2. The lowest BCUT2D eigenvalue weighted by atomic mass is 9.87. The molecule has 2 unspecified atom stereocenters. The smallest absolute Gasteiger partial charge is 0.410 e. The van der Waals surface area contributed by atoms with E-state index in [2.05, 4.69) is 57.7 Å². The third-order valence-corrected chi connectivity index (χ3v) is 8.84. The van der Waals surface area contributed by atoms with Gasteiger partial charge >= 0.3 is 6.09 Å². The van der Waals surface area contributed by atoms with Gasteiger partial charge in [0.05, 0.1) is 17.7 Å². The fourth-order valence-electron chi connectivity index (χ4n) is 6.89. The van der Waals surface area contributed by atoms with Crippen LogP contribution in [0.5, 0.6) is 5.88 Å². The van der Waals surface area contributed by atoms with Gasteiger partial charge in [-0.1, -0.05) is 30.3 Å². The lowest BCUT2D eigenvalue weighted by Gasteiger charge is -2.47. The number of carbonyl (C=O) groups is 1. The molecular weight excluding hydrogens is 504 g/mol. The van der Waals surface area contributed by atoms with Crippen molar-refractivity contribution in [3.8, 4) is 5.88 Å². The molecule has 2 bridgehead atoms. The minimum absolute atomic E-state index is 0.0807. The van der Waals surface area contributed by atoms with E-state index >= 15 is 0 Å². The van der Waals surface area contributed by atoms with Gasteiger partial charge in [0.1, 0.15) is 11.7 Å².